The molecule has 2 rings (SSSR count). The molecule has 0 unspecified atom stereocenters. The first-order valence-corrected chi connectivity index (χ1v) is 8.41. The Bertz CT molecular complexity index is 559. The Morgan fingerprint density at radius 1 is 1.35 bits per heavy atom. The minimum absolute atomic E-state index is 0. The molecule has 1 aromatic rings. The number of carbonyl (C=O) groups excluding carboxylic acids is 1. The predicted molar refractivity (Wildman–Crippen MR) is 110 cm³/mol. The van der Waals surface area contributed by atoms with Gasteiger partial charge in [-0.1, -0.05) is 34.8 Å². The number of amides is 1. The van der Waals surface area contributed by atoms with E-state index in [9.17, 15) is 4.79 Å². The van der Waals surface area contributed by atoms with E-state index in [1.54, 1.807) is 7.05 Å². The Morgan fingerprint density at radius 3 is 2.70 bits per heavy atom. The van der Waals surface area contributed by atoms with Crippen LogP contribution < -0.4 is 16.0 Å². The zero-order valence-electron chi connectivity index (χ0n) is 13.5. The first kappa shape index (κ1) is 20.2. The van der Waals surface area contributed by atoms with E-state index in [4.69, 9.17) is 0 Å². The number of aliphatic imine (C=N–C) groups is 1. The third kappa shape index (κ3) is 6.66. The molecule has 0 aliphatic heterocycles. The monoisotopic (exact) mass is 494 g/mol. The summed E-state index contributed by atoms with van der Waals surface area (Å²) in [6.07, 6.45) is 4.86. The van der Waals surface area contributed by atoms with Crippen LogP contribution in [0.1, 0.15) is 31.2 Å². The molecule has 0 bridgehead atoms. The van der Waals surface area contributed by atoms with Gasteiger partial charge < -0.3 is 16.0 Å². The number of hydrogen-bond acceptors (Lipinski definition) is 2. The molecule has 1 fully saturated rings. The van der Waals surface area contributed by atoms with Gasteiger partial charge in [-0.05, 0) is 37.5 Å². The maximum Gasteiger partial charge on any atom is 0.243 e. The molecule has 0 radical (unpaired) electrons. The number of halogens is 2. The Kier molecular flexibility index (Phi) is 8.90. The second kappa shape index (κ2) is 10.1. The summed E-state index contributed by atoms with van der Waals surface area (Å²) < 4.78 is 0.945. The molecule has 128 valence electrons. The van der Waals surface area contributed by atoms with Gasteiger partial charge >= 0.3 is 0 Å². The molecule has 0 spiro atoms. The van der Waals surface area contributed by atoms with Crippen molar-refractivity contribution in [1.29, 1.82) is 0 Å². The number of carbonyl (C=O) groups is 1. The number of aryl methyl sites for hydroxylation is 1. The molecular formula is C16H24BrIN4O. The average Bonchev–Trinajstić information content (AvgIpc) is 3.00. The minimum Gasteiger partial charge on any atom is -0.354 e. The van der Waals surface area contributed by atoms with Crippen LogP contribution in [0.25, 0.3) is 0 Å². The van der Waals surface area contributed by atoms with Gasteiger partial charge in [-0.25, -0.2) is 0 Å². The van der Waals surface area contributed by atoms with E-state index >= 15 is 0 Å². The molecule has 1 aliphatic rings. The quantitative estimate of drug-likeness (QED) is 0.341. The van der Waals surface area contributed by atoms with E-state index in [1.807, 2.05) is 25.1 Å². The van der Waals surface area contributed by atoms with Crippen molar-refractivity contribution in [1.82, 2.24) is 10.6 Å². The molecule has 0 atom stereocenters. The molecule has 1 aromatic carbocycles. The van der Waals surface area contributed by atoms with Crippen LogP contribution in [0, 0.1) is 6.92 Å². The van der Waals surface area contributed by atoms with E-state index in [-0.39, 0.29) is 36.4 Å². The normalized spacial score (nSPS) is 15.0. The van der Waals surface area contributed by atoms with Crippen LogP contribution >= 0.6 is 39.9 Å². The SMILES string of the molecule is CN=C(NCC(=O)Nc1cc(Br)ccc1C)NC1CCCC1.I. The van der Waals surface area contributed by atoms with Crippen molar-refractivity contribution in [3.63, 3.8) is 0 Å². The number of hydrogen-bond donors (Lipinski definition) is 3. The van der Waals surface area contributed by atoms with Crippen LogP contribution in [0.5, 0.6) is 0 Å². The third-order valence-electron chi connectivity index (χ3n) is 3.81. The Morgan fingerprint density at radius 2 is 2.04 bits per heavy atom. The summed E-state index contributed by atoms with van der Waals surface area (Å²) in [6.45, 7) is 2.16. The number of anilines is 1. The van der Waals surface area contributed by atoms with Crippen LogP contribution in [0.4, 0.5) is 5.69 Å². The fourth-order valence-electron chi connectivity index (χ4n) is 2.55. The number of nitrogens with zero attached hydrogens (tertiary/aromatic N) is 1. The summed E-state index contributed by atoms with van der Waals surface area (Å²) in [5, 5.41) is 9.33. The molecule has 7 heteroatoms. The Hall–Kier alpha value is -0.830. The standard InChI is InChI=1S/C16H23BrN4O.HI/c1-11-7-8-12(17)9-14(11)21-15(22)10-19-16(18-2)20-13-5-3-4-6-13;/h7-9,13H,3-6,10H2,1-2H3,(H,21,22)(H2,18,19,20);1H. The number of guanidine groups is 1. The molecule has 0 aromatic heterocycles. The van der Waals surface area contributed by atoms with Gasteiger partial charge in [0.2, 0.25) is 5.91 Å². The largest absolute Gasteiger partial charge is 0.354 e. The molecule has 1 aliphatic carbocycles. The van der Waals surface area contributed by atoms with Crippen LogP contribution in [-0.2, 0) is 4.79 Å². The van der Waals surface area contributed by atoms with Crippen molar-refractivity contribution in [3.05, 3.63) is 28.2 Å². The summed E-state index contributed by atoms with van der Waals surface area (Å²) in [5.41, 5.74) is 1.85. The Labute approximate surface area is 163 Å². The van der Waals surface area contributed by atoms with E-state index in [2.05, 4.69) is 36.9 Å². The maximum atomic E-state index is 12.1. The van der Waals surface area contributed by atoms with E-state index in [0.717, 1.165) is 15.7 Å². The van der Waals surface area contributed by atoms with E-state index < -0.39 is 0 Å². The first-order valence-electron chi connectivity index (χ1n) is 7.61. The summed E-state index contributed by atoms with van der Waals surface area (Å²) in [6, 6.07) is 6.30. The first-order chi connectivity index (χ1) is 10.6. The Balaban J connectivity index is 0.00000264. The summed E-state index contributed by atoms with van der Waals surface area (Å²) >= 11 is 3.41. The fraction of sp³-hybridized carbons (Fsp3) is 0.500. The van der Waals surface area contributed by atoms with Gasteiger partial charge in [-0.2, -0.15) is 0 Å². The van der Waals surface area contributed by atoms with Crippen LogP contribution in [0.15, 0.2) is 27.7 Å². The van der Waals surface area contributed by atoms with Crippen molar-refractivity contribution in [2.75, 3.05) is 18.9 Å². The summed E-state index contributed by atoms with van der Waals surface area (Å²) in [4.78, 5) is 16.2. The topological polar surface area (TPSA) is 65.5 Å². The summed E-state index contributed by atoms with van der Waals surface area (Å²) in [7, 11) is 1.72. The van der Waals surface area contributed by atoms with Gasteiger partial charge in [-0.15, -0.1) is 24.0 Å². The predicted octanol–water partition coefficient (Wildman–Crippen LogP) is 3.42. The van der Waals surface area contributed by atoms with Gasteiger partial charge in [0.25, 0.3) is 0 Å². The number of nitrogens with one attached hydrogen (secondary N) is 3. The van der Waals surface area contributed by atoms with Crippen molar-refractivity contribution in [2.24, 2.45) is 4.99 Å². The van der Waals surface area contributed by atoms with E-state index in [0.29, 0.717) is 12.0 Å². The van der Waals surface area contributed by atoms with Gasteiger partial charge in [0.05, 0.1) is 6.54 Å². The highest BCUT2D eigenvalue weighted by Crippen LogP contribution is 2.20. The van der Waals surface area contributed by atoms with Gasteiger partial charge in [0.1, 0.15) is 0 Å². The molecule has 0 saturated heterocycles. The lowest BCUT2D eigenvalue weighted by molar-refractivity contribution is -0.115. The summed E-state index contributed by atoms with van der Waals surface area (Å²) in [5.74, 6) is 0.601. The van der Waals surface area contributed by atoms with Crippen molar-refractivity contribution in [3.8, 4) is 0 Å². The smallest absolute Gasteiger partial charge is 0.243 e. The lowest BCUT2D eigenvalue weighted by Gasteiger charge is -2.17. The van der Waals surface area contributed by atoms with E-state index in [1.165, 1.54) is 25.7 Å². The maximum absolute atomic E-state index is 12.1. The molecule has 23 heavy (non-hydrogen) atoms. The molecule has 1 amide bonds. The van der Waals surface area contributed by atoms with Crippen molar-refractivity contribution >= 4 is 57.5 Å². The highest BCUT2D eigenvalue weighted by molar-refractivity contribution is 14.0. The van der Waals surface area contributed by atoms with Crippen LogP contribution in [0.2, 0.25) is 0 Å². The third-order valence-corrected chi connectivity index (χ3v) is 4.30. The molecule has 1 saturated carbocycles. The van der Waals surface area contributed by atoms with Crippen LogP contribution in [0.3, 0.4) is 0 Å². The van der Waals surface area contributed by atoms with Crippen molar-refractivity contribution < 1.29 is 4.79 Å². The van der Waals surface area contributed by atoms with Crippen molar-refractivity contribution in [2.45, 2.75) is 38.6 Å². The molecular weight excluding hydrogens is 471 g/mol. The molecule has 0 heterocycles. The highest BCUT2D eigenvalue weighted by Gasteiger charge is 2.16. The number of benzene rings is 1. The lowest BCUT2D eigenvalue weighted by Crippen LogP contribution is -2.45. The van der Waals surface area contributed by atoms with Gasteiger partial charge in [-0.3, -0.25) is 9.79 Å². The second-order valence-electron chi connectivity index (χ2n) is 5.56. The highest BCUT2D eigenvalue weighted by atomic mass is 127. The van der Waals surface area contributed by atoms with Gasteiger partial charge in [0, 0.05) is 23.2 Å². The fourth-order valence-corrected chi connectivity index (χ4v) is 2.91. The molecule has 5 nitrogen and oxygen atoms in total. The minimum atomic E-state index is -0.0874. The van der Waals surface area contributed by atoms with Gasteiger partial charge in [0.15, 0.2) is 5.96 Å². The number of rotatable bonds is 4. The molecule has 3 N–H and O–H groups in total. The zero-order chi connectivity index (χ0) is 15.9. The second-order valence-corrected chi connectivity index (χ2v) is 6.47. The lowest BCUT2D eigenvalue weighted by atomic mass is 10.2. The average molecular weight is 495 g/mol. The zero-order valence-corrected chi connectivity index (χ0v) is 17.4. The van der Waals surface area contributed by atoms with Crippen LogP contribution in [-0.4, -0.2) is 31.5 Å².